The Bertz CT molecular complexity index is 455. The third kappa shape index (κ3) is 3.72. The summed E-state index contributed by atoms with van der Waals surface area (Å²) in [7, 11) is 0. The van der Waals surface area contributed by atoms with Crippen molar-refractivity contribution >= 4 is 11.7 Å². The van der Waals surface area contributed by atoms with Crippen molar-refractivity contribution in [1.82, 2.24) is 0 Å². The fraction of sp³-hybridized carbons (Fsp3) is 0.300. The van der Waals surface area contributed by atoms with Gasteiger partial charge in [0.25, 0.3) is 5.69 Å². The summed E-state index contributed by atoms with van der Waals surface area (Å²) in [5, 5.41) is 19.1. The average Bonchev–Trinajstić information content (AvgIpc) is 2.24. The van der Waals surface area contributed by atoms with Gasteiger partial charge >= 0.3 is 12.1 Å². The number of nitrogens with zero attached hydrogens (tertiary/aromatic N) is 1. The molecule has 5 nitrogen and oxygen atoms in total. The van der Waals surface area contributed by atoms with Crippen LogP contribution < -0.4 is 0 Å². The number of carboxylic acids is 1. The first-order chi connectivity index (χ1) is 8.20. The third-order valence-electron chi connectivity index (χ3n) is 2.24. The number of benzene rings is 1. The van der Waals surface area contributed by atoms with E-state index in [-0.39, 0.29) is 11.3 Å². The van der Waals surface area contributed by atoms with Crippen LogP contribution in [-0.4, -0.2) is 22.2 Å². The molecule has 0 fully saturated rings. The number of nitro groups is 1. The molecule has 0 heterocycles. The van der Waals surface area contributed by atoms with Crippen LogP contribution in [-0.2, 0) is 4.79 Å². The number of nitro benzene ring substituents is 1. The largest absolute Gasteiger partial charge is 0.481 e. The Kier molecular flexibility index (Phi) is 3.89. The molecular formula is C10H8F3NO4. The van der Waals surface area contributed by atoms with Gasteiger partial charge in [-0.15, -0.1) is 0 Å². The molecule has 1 aromatic rings. The first kappa shape index (κ1) is 13.9. The van der Waals surface area contributed by atoms with Gasteiger partial charge in [-0.05, 0) is 5.56 Å². The van der Waals surface area contributed by atoms with Crippen LogP contribution in [0.3, 0.4) is 0 Å². The second-order valence-electron chi connectivity index (χ2n) is 3.56. The summed E-state index contributed by atoms with van der Waals surface area (Å²) in [5.74, 6) is -3.38. The van der Waals surface area contributed by atoms with E-state index in [1.807, 2.05) is 0 Å². The van der Waals surface area contributed by atoms with Gasteiger partial charge in [-0.25, -0.2) is 0 Å². The van der Waals surface area contributed by atoms with E-state index in [1.54, 1.807) is 0 Å². The monoisotopic (exact) mass is 263 g/mol. The quantitative estimate of drug-likeness (QED) is 0.669. The minimum absolute atomic E-state index is 0.120. The van der Waals surface area contributed by atoms with Crippen LogP contribution in [0.15, 0.2) is 24.3 Å². The van der Waals surface area contributed by atoms with Crippen LogP contribution in [0.5, 0.6) is 0 Å². The lowest BCUT2D eigenvalue weighted by molar-refractivity contribution is -0.384. The van der Waals surface area contributed by atoms with Crippen molar-refractivity contribution in [2.75, 3.05) is 0 Å². The maximum atomic E-state index is 12.2. The number of carbonyl (C=O) groups is 1. The highest BCUT2D eigenvalue weighted by atomic mass is 19.4. The predicted octanol–water partition coefficient (Wildman–Crippen LogP) is 2.72. The number of non-ortho nitro benzene ring substituents is 1. The number of halogens is 3. The molecule has 0 spiro atoms. The summed E-state index contributed by atoms with van der Waals surface area (Å²) < 4.78 is 36.6. The van der Waals surface area contributed by atoms with Crippen molar-refractivity contribution in [3.8, 4) is 0 Å². The molecule has 0 aromatic heterocycles. The van der Waals surface area contributed by atoms with Gasteiger partial charge in [0.15, 0.2) is 0 Å². The molecule has 18 heavy (non-hydrogen) atoms. The summed E-state index contributed by atoms with van der Waals surface area (Å²) >= 11 is 0. The van der Waals surface area contributed by atoms with Crippen LogP contribution in [0, 0.1) is 10.1 Å². The van der Waals surface area contributed by atoms with E-state index >= 15 is 0 Å². The van der Waals surface area contributed by atoms with Crippen molar-refractivity contribution < 1.29 is 28.0 Å². The van der Waals surface area contributed by atoms with Gasteiger partial charge in [-0.1, -0.05) is 12.1 Å². The molecule has 1 atom stereocenters. The molecule has 0 aliphatic heterocycles. The first-order valence-corrected chi connectivity index (χ1v) is 4.74. The van der Waals surface area contributed by atoms with Gasteiger partial charge in [0.05, 0.1) is 17.3 Å². The van der Waals surface area contributed by atoms with Gasteiger partial charge in [0, 0.05) is 12.1 Å². The molecule has 8 heteroatoms. The zero-order chi connectivity index (χ0) is 13.9. The molecule has 0 unspecified atom stereocenters. The van der Waals surface area contributed by atoms with Crippen LogP contribution in [0.2, 0.25) is 0 Å². The lowest BCUT2D eigenvalue weighted by atomic mass is 9.95. The van der Waals surface area contributed by atoms with E-state index in [4.69, 9.17) is 5.11 Å². The van der Waals surface area contributed by atoms with Gasteiger partial charge < -0.3 is 5.11 Å². The lowest BCUT2D eigenvalue weighted by Gasteiger charge is -2.14. The highest BCUT2D eigenvalue weighted by molar-refractivity contribution is 5.76. The van der Waals surface area contributed by atoms with Crippen LogP contribution in [0.4, 0.5) is 18.9 Å². The molecule has 1 N–H and O–H groups in total. The minimum atomic E-state index is -4.62. The third-order valence-corrected chi connectivity index (χ3v) is 2.24. The van der Waals surface area contributed by atoms with E-state index < -0.39 is 29.4 Å². The second kappa shape index (κ2) is 5.03. The molecule has 98 valence electrons. The fourth-order valence-electron chi connectivity index (χ4n) is 1.41. The Balaban J connectivity index is 3.00. The van der Waals surface area contributed by atoms with Crippen LogP contribution in [0.25, 0.3) is 0 Å². The van der Waals surface area contributed by atoms with Crippen molar-refractivity contribution in [2.24, 2.45) is 0 Å². The Labute approximate surface area is 99.0 Å². The molecule has 0 aliphatic carbocycles. The van der Waals surface area contributed by atoms with Crippen molar-refractivity contribution in [3.05, 3.63) is 39.9 Å². The number of alkyl halides is 3. The maximum absolute atomic E-state index is 12.2. The molecule has 1 aromatic carbocycles. The number of hydrogen-bond acceptors (Lipinski definition) is 3. The summed E-state index contributed by atoms with van der Waals surface area (Å²) in [4.78, 5) is 20.4. The first-order valence-electron chi connectivity index (χ1n) is 4.74. The zero-order valence-corrected chi connectivity index (χ0v) is 8.85. The standard InChI is InChI=1S/C10H8F3NO4/c11-10(12,13)5-8(9(15)16)6-1-3-7(4-2-6)14(17)18/h1-4,8H,5H2,(H,15,16)/t8-/m1/s1. The highest BCUT2D eigenvalue weighted by Crippen LogP contribution is 2.32. The van der Waals surface area contributed by atoms with Gasteiger partial charge in [0.1, 0.15) is 0 Å². The number of hydrogen-bond donors (Lipinski definition) is 1. The summed E-state index contributed by atoms with van der Waals surface area (Å²) in [5.41, 5.74) is -0.430. The Morgan fingerprint density at radius 2 is 1.83 bits per heavy atom. The molecule has 0 radical (unpaired) electrons. The normalized spacial score (nSPS) is 13.1. The average molecular weight is 263 g/mol. The predicted molar refractivity (Wildman–Crippen MR) is 54.1 cm³/mol. The molecule has 0 bridgehead atoms. The SMILES string of the molecule is O=C(O)[C@H](CC(F)(F)F)c1ccc([N+](=O)[O-])cc1. The summed E-state index contributed by atoms with van der Waals surface area (Å²) in [6, 6.07) is 3.98. The molecule has 0 amide bonds. The number of rotatable bonds is 4. The van der Waals surface area contributed by atoms with Gasteiger partial charge in [-0.2, -0.15) is 13.2 Å². The van der Waals surface area contributed by atoms with E-state index in [1.165, 1.54) is 0 Å². The van der Waals surface area contributed by atoms with E-state index in [0.717, 1.165) is 24.3 Å². The zero-order valence-electron chi connectivity index (χ0n) is 8.85. The van der Waals surface area contributed by atoms with Crippen LogP contribution in [0.1, 0.15) is 17.9 Å². The Morgan fingerprint density at radius 3 is 2.17 bits per heavy atom. The number of carboxylic acid groups (broad SMARTS) is 1. The van der Waals surface area contributed by atoms with Crippen molar-refractivity contribution in [2.45, 2.75) is 18.5 Å². The molecule has 1 rings (SSSR count). The van der Waals surface area contributed by atoms with Crippen LogP contribution >= 0.6 is 0 Å². The summed E-state index contributed by atoms with van der Waals surface area (Å²) in [6.45, 7) is 0. The fourth-order valence-corrected chi connectivity index (χ4v) is 1.41. The Hall–Kier alpha value is -2.12. The second-order valence-corrected chi connectivity index (χ2v) is 3.56. The number of aliphatic carboxylic acids is 1. The van der Waals surface area contributed by atoms with Crippen molar-refractivity contribution in [3.63, 3.8) is 0 Å². The smallest absolute Gasteiger partial charge is 0.390 e. The van der Waals surface area contributed by atoms with E-state index in [9.17, 15) is 28.1 Å². The minimum Gasteiger partial charge on any atom is -0.481 e. The van der Waals surface area contributed by atoms with Gasteiger partial charge in [-0.3, -0.25) is 14.9 Å². The summed E-state index contributed by atoms with van der Waals surface area (Å²) in [6.07, 6.45) is -6.13. The molecule has 0 saturated carbocycles. The molecule has 0 aliphatic rings. The highest BCUT2D eigenvalue weighted by Gasteiger charge is 2.36. The van der Waals surface area contributed by atoms with Gasteiger partial charge in [0.2, 0.25) is 0 Å². The molecular weight excluding hydrogens is 255 g/mol. The van der Waals surface area contributed by atoms with E-state index in [0.29, 0.717) is 0 Å². The topological polar surface area (TPSA) is 80.4 Å². The maximum Gasteiger partial charge on any atom is 0.390 e. The van der Waals surface area contributed by atoms with E-state index in [2.05, 4.69) is 0 Å². The Morgan fingerprint density at radius 1 is 1.33 bits per heavy atom. The lowest BCUT2D eigenvalue weighted by Crippen LogP contribution is -2.20. The molecule has 0 saturated heterocycles. The van der Waals surface area contributed by atoms with Crippen molar-refractivity contribution in [1.29, 1.82) is 0 Å².